The Morgan fingerprint density at radius 1 is 1.43 bits per heavy atom. The van der Waals surface area contributed by atoms with Crippen LogP contribution >= 0.6 is 0 Å². The van der Waals surface area contributed by atoms with Gasteiger partial charge in [-0.15, -0.1) is 0 Å². The van der Waals surface area contributed by atoms with Crippen molar-refractivity contribution in [3.05, 3.63) is 24.0 Å². The van der Waals surface area contributed by atoms with Gasteiger partial charge >= 0.3 is 0 Å². The van der Waals surface area contributed by atoms with Crippen molar-refractivity contribution in [2.75, 3.05) is 13.1 Å². The summed E-state index contributed by atoms with van der Waals surface area (Å²) in [4.78, 5) is 16.2. The van der Waals surface area contributed by atoms with E-state index in [0.717, 1.165) is 44.6 Å². The van der Waals surface area contributed by atoms with Crippen LogP contribution in [-0.4, -0.2) is 30.1 Å². The average Bonchev–Trinajstić information content (AvgIpc) is 2.66. The van der Waals surface area contributed by atoms with Crippen molar-refractivity contribution in [3.8, 4) is 5.75 Å². The molecule has 0 saturated carbocycles. The SMILES string of the molecule is CC(C)CNCc1ccc(OC2CCCCNC2=O)cn1. The maximum Gasteiger partial charge on any atom is 0.261 e. The van der Waals surface area contributed by atoms with Crippen LogP contribution in [-0.2, 0) is 11.3 Å². The third-order valence-electron chi connectivity index (χ3n) is 3.42. The Bertz CT molecular complexity index is 445. The number of rotatable bonds is 6. The quantitative estimate of drug-likeness (QED) is 0.840. The molecule has 1 aliphatic heterocycles. The van der Waals surface area contributed by atoms with Gasteiger partial charge in [0.25, 0.3) is 5.91 Å². The molecule has 1 fully saturated rings. The molecule has 116 valence electrons. The molecule has 1 aliphatic rings. The number of hydrogen-bond donors (Lipinski definition) is 2. The third kappa shape index (κ3) is 5.34. The Balaban J connectivity index is 1.85. The van der Waals surface area contributed by atoms with Gasteiger partial charge in [0.2, 0.25) is 0 Å². The van der Waals surface area contributed by atoms with Gasteiger partial charge in [0.05, 0.1) is 11.9 Å². The minimum Gasteiger partial charge on any atom is -0.479 e. The number of nitrogens with zero attached hydrogens (tertiary/aromatic N) is 1. The summed E-state index contributed by atoms with van der Waals surface area (Å²) in [6.07, 6.45) is 4.10. The summed E-state index contributed by atoms with van der Waals surface area (Å²) in [5.41, 5.74) is 0.980. The molecular formula is C16H25N3O2. The summed E-state index contributed by atoms with van der Waals surface area (Å²) in [5, 5.41) is 6.22. The summed E-state index contributed by atoms with van der Waals surface area (Å²) in [6, 6.07) is 3.83. The molecule has 5 heteroatoms. The Kier molecular flexibility index (Phi) is 5.99. The van der Waals surface area contributed by atoms with E-state index >= 15 is 0 Å². The fourth-order valence-corrected chi connectivity index (χ4v) is 2.26. The van der Waals surface area contributed by atoms with Crippen molar-refractivity contribution in [1.29, 1.82) is 0 Å². The number of ether oxygens (including phenoxy) is 1. The lowest BCUT2D eigenvalue weighted by molar-refractivity contribution is -0.127. The highest BCUT2D eigenvalue weighted by atomic mass is 16.5. The van der Waals surface area contributed by atoms with Gasteiger partial charge in [-0.05, 0) is 43.9 Å². The minimum atomic E-state index is -0.390. The average molecular weight is 291 g/mol. The van der Waals surface area contributed by atoms with E-state index in [0.29, 0.717) is 11.7 Å². The van der Waals surface area contributed by atoms with E-state index in [1.807, 2.05) is 12.1 Å². The molecule has 1 atom stereocenters. The van der Waals surface area contributed by atoms with Crippen molar-refractivity contribution in [2.24, 2.45) is 5.92 Å². The third-order valence-corrected chi connectivity index (χ3v) is 3.42. The van der Waals surface area contributed by atoms with Gasteiger partial charge in [-0.1, -0.05) is 13.8 Å². The molecule has 0 bridgehead atoms. The van der Waals surface area contributed by atoms with E-state index in [1.165, 1.54) is 0 Å². The maximum atomic E-state index is 11.8. The first-order valence-electron chi connectivity index (χ1n) is 7.75. The topological polar surface area (TPSA) is 63.2 Å². The zero-order valence-corrected chi connectivity index (χ0v) is 12.9. The summed E-state index contributed by atoms with van der Waals surface area (Å²) in [6.45, 7) is 6.83. The first-order valence-corrected chi connectivity index (χ1v) is 7.75. The van der Waals surface area contributed by atoms with Crippen molar-refractivity contribution < 1.29 is 9.53 Å². The number of hydrogen-bond acceptors (Lipinski definition) is 4. The first-order chi connectivity index (χ1) is 10.1. The van der Waals surface area contributed by atoms with Crippen LogP contribution in [0.1, 0.15) is 38.8 Å². The predicted octanol–water partition coefficient (Wildman–Crippen LogP) is 1.87. The molecule has 1 unspecified atom stereocenters. The van der Waals surface area contributed by atoms with Crippen LogP contribution in [0.15, 0.2) is 18.3 Å². The van der Waals surface area contributed by atoms with Crippen molar-refractivity contribution in [2.45, 2.75) is 45.8 Å². The number of pyridine rings is 1. The van der Waals surface area contributed by atoms with E-state index in [1.54, 1.807) is 6.20 Å². The molecule has 0 aliphatic carbocycles. The molecule has 2 rings (SSSR count). The van der Waals surface area contributed by atoms with Crippen LogP contribution in [0.3, 0.4) is 0 Å². The molecule has 1 aromatic rings. The van der Waals surface area contributed by atoms with E-state index in [-0.39, 0.29) is 12.0 Å². The molecular weight excluding hydrogens is 266 g/mol. The summed E-state index contributed by atoms with van der Waals surface area (Å²) >= 11 is 0. The van der Waals surface area contributed by atoms with Crippen LogP contribution < -0.4 is 15.4 Å². The first kappa shape index (κ1) is 15.8. The van der Waals surface area contributed by atoms with Gasteiger partial charge in [-0.2, -0.15) is 0 Å². The zero-order chi connectivity index (χ0) is 15.1. The Hall–Kier alpha value is -1.62. The van der Waals surface area contributed by atoms with E-state index in [4.69, 9.17) is 4.74 Å². The normalized spacial score (nSPS) is 19.2. The van der Waals surface area contributed by atoms with Crippen LogP contribution in [0.4, 0.5) is 0 Å². The summed E-state index contributed by atoms with van der Waals surface area (Å²) < 4.78 is 5.75. The summed E-state index contributed by atoms with van der Waals surface area (Å²) in [7, 11) is 0. The summed E-state index contributed by atoms with van der Waals surface area (Å²) in [5.74, 6) is 1.26. The number of amides is 1. The second kappa shape index (κ2) is 7.98. The fraction of sp³-hybridized carbons (Fsp3) is 0.625. The van der Waals surface area contributed by atoms with Gasteiger partial charge < -0.3 is 15.4 Å². The van der Waals surface area contributed by atoms with Crippen molar-refractivity contribution in [3.63, 3.8) is 0 Å². The van der Waals surface area contributed by atoms with Crippen LogP contribution in [0, 0.1) is 5.92 Å². The molecule has 1 saturated heterocycles. The fourth-order valence-electron chi connectivity index (χ4n) is 2.26. The lowest BCUT2D eigenvalue weighted by atomic mass is 10.2. The predicted molar refractivity (Wildman–Crippen MR) is 82.1 cm³/mol. The van der Waals surface area contributed by atoms with Crippen molar-refractivity contribution >= 4 is 5.91 Å². The number of nitrogens with one attached hydrogen (secondary N) is 2. The van der Waals surface area contributed by atoms with Crippen LogP contribution in [0.5, 0.6) is 5.75 Å². The Morgan fingerprint density at radius 2 is 2.29 bits per heavy atom. The molecule has 2 N–H and O–H groups in total. The number of carbonyl (C=O) groups excluding carboxylic acids is 1. The molecule has 5 nitrogen and oxygen atoms in total. The van der Waals surface area contributed by atoms with Gasteiger partial charge in [-0.3, -0.25) is 9.78 Å². The number of carbonyl (C=O) groups is 1. The monoisotopic (exact) mass is 291 g/mol. The zero-order valence-electron chi connectivity index (χ0n) is 12.9. The Morgan fingerprint density at radius 3 is 3.00 bits per heavy atom. The minimum absolute atomic E-state index is 0.0184. The number of aromatic nitrogens is 1. The lowest BCUT2D eigenvalue weighted by Crippen LogP contribution is -2.36. The maximum absolute atomic E-state index is 11.8. The van der Waals surface area contributed by atoms with Crippen LogP contribution in [0.25, 0.3) is 0 Å². The molecule has 1 aromatic heterocycles. The van der Waals surface area contributed by atoms with Gasteiger partial charge in [-0.25, -0.2) is 0 Å². The van der Waals surface area contributed by atoms with Gasteiger partial charge in [0.15, 0.2) is 6.10 Å². The lowest BCUT2D eigenvalue weighted by Gasteiger charge is -2.15. The Labute approximate surface area is 126 Å². The smallest absolute Gasteiger partial charge is 0.261 e. The van der Waals surface area contributed by atoms with Crippen molar-refractivity contribution in [1.82, 2.24) is 15.6 Å². The van der Waals surface area contributed by atoms with Gasteiger partial charge in [0.1, 0.15) is 5.75 Å². The highest BCUT2D eigenvalue weighted by molar-refractivity contribution is 5.81. The molecule has 21 heavy (non-hydrogen) atoms. The highest BCUT2D eigenvalue weighted by Gasteiger charge is 2.22. The molecule has 2 heterocycles. The van der Waals surface area contributed by atoms with E-state index in [9.17, 15) is 4.79 Å². The molecule has 0 spiro atoms. The largest absolute Gasteiger partial charge is 0.479 e. The molecule has 0 radical (unpaired) electrons. The molecule has 1 amide bonds. The van der Waals surface area contributed by atoms with Gasteiger partial charge in [0, 0.05) is 13.1 Å². The van der Waals surface area contributed by atoms with Crippen LogP contribution in [0.2, 0.25) is 0 Å². The second-order valence-electron chi connectivity index (χ2n) is 5.90. The van der Waals surface area contributed by atoms with E-state index in [2.05, 4.69) is 29.5 Å². The second-order valence-corrected chi connectivity index (χ2v) is 5.90. The van der Waals surface area contributed by atoms with E-state index < -0.39 is 0 Å². The highest BCUT2D eigenvalue weighted by Crippen LogP contribution is 2.16. The molecule has 0 aromatic carbocycles. The standard InChI is InChI=1S/C16H25N3O2/c1-12(2)9-17-10-13-6-7-14(11-19-13)21-15-5-3-4-8-18-16(15)20/h6-7,11-12,15,17H,3-5,8-10H2,1-2H3,(H,18,20).